The standard InChI is InChI=1S/C18H18FN5.C16H20N6O/c19-15-6-4-12(5-7-15)18-21-10-13-2-3-14-11-22-24(9-1-8-20)17(14)16(13)23-18;17-16(23)14-12-2-1-11-7-19-9-20-13(11)15(12)22(21-14)8-10-3-5-18-6-4-10/h4-7,10-11H,1-3,8-9,20H2;7,9-10,18H,1-6,8H2,(H2,17,23). The lowest BCUT2D eigenvalue weighted by molar-refractivity contribution is 0.0993. The lowest BCUT2D eigenvalue weighted by Gasteiger charge is -2.24. The number of primary amides is 1. The number of carbonyl (C=O) groups is 1. The molecule has 3 aliphatic rings. The number of benzene rings is 1. The number of nitrogens with one attached hydrogen (secondary N) is 1. The number of rotatable bonds is 7. The summed E-state index contributed by atoms with van der Waals surface area (Å²) in [6.07, 6.45) is 13.8. The minimum absolute atomic E-state index is 0.265. The van der Waals surface area contributed by atoms with Crippen molar-refractivity contribution in [1.82, 2.24) is 44.8 Å². The molecule has 1 aliphatic heterocycles. The lowest BCUT2D eigenvalue weighted by Crippen LogP contribution is -2.30. The number of hydrogen-bond acceptors (Lipinski definition) is 9. The Kier molecular flexibility index (Phi) is 8.81. The fourth-order valence-electron chi connectivity index (χ4n) is 6.75. The Bertz CT molecular complexity index is 1890. The van der Waals surface area contributed by atoms with E-state index >= 15 is 0 Å². The van der Waals surface area contributed by atoms with Crippen molar-refractivity contribution in [2.24, 2.45) is 17.4 Å². The number of aryl methyl sites for hydroxylation is 4. The molecule has 0 atom stereocenters. The number of halogens is 1. The Hall–Kier alpha value is -4.88. The molecule has 8 rings (SSSR count). The minimum Gasteiger partial charge on any atom is -0.364 e. The van der Waals surface area contributed by atoms with Crippen molar-refractivity contribution in [3.8, 4) is 34.2 Å². The molecule has 2 aliphatic carbocycles. The van der Waals surface area contributed by atoms with Crippen LogP contribution in [-0.4, -0.2) is 65.0 Å². The summed E-state index contributed by atoms with van der Waals surface area (Å²) in [4.78, 5) is 29.6. The van der Waals surface area contributed by atoms with Crippen LogP contribution in [0.15, 0.2) is 49.2 Å². The van der Waals surface area contributed by atoms with Gasteiger partial charge in [0.1, 0.15) is 12.1 Å². The third-order valence-corrected chi connectivity index (χ3v) is 9.17. The highest BCUT2D eigenvalue weighted by atomic mass is 19.1. The van der Waals surface area contributed by atoms with Gasteiger partial charge in [0, 0.05) is 42.2 Å². The molecule has 13 heteroatoms. The monoisotopic (exact) mass is 635 g/mol. The van der Waals surface area contributed by atoms with Gasteiger partial charge in [0.2, 0.25) is 0 Å². The summed E-state index contributed by atoms with van der Waals surface area (Å²) in [6.45, 7) is 4.29. The average molecular weight is 636 g/mol. The second-order valence-electron chi connectivity index (χ2n) is 12.3. The predicted octanol–water partition coefficient (Wildman–Crippen LogP) is 3.13. The number of amides is 1. The number of piperidine rings is 1. The molecular weight excluding hydrogens is 597 g/mol. The van der Waals surface area contributed by atoms with Crippen molar-refractivity contribution in [2.45, 2.75) is 58.0 Å². The first-order chi connectivity index (χ1) is 23.0. The highest BCUT2D eigenvalue weighted by Gasteiger charge is 2.29. The molecule has 4 aromatic heterocycles. The number of hydrogen-bond donors (Lipinski definition) is 3. The summed E-state index contributed by atoms with van der Waals surface area (Å²) in [6, 6.07) is 6.25. The first-order valence-corrected chi connectivity index (χ1v) is 16.3. The Morgan fingerprint density at radius 2 is 1.68 bits per heavy atom. The van der Waals surface area contributed by atoms with Crippen LogP contribution in [0.3, 0.4) is 0 Å². The van der Waals surface area contributed by atoms with E-state index in [0.29, 0.717) is 24.0 Å². The van der Waals surface area contributed by atoms with Crippen LogP contribution in [-0.2, 0) is 38.8 Å². The SMILES string of the molecule is NC(=O)c1nn(CC2CCNCC2)c2c1CCc1cncnc1-2.NCCCn1ncc2c1-c1nc(-c3ccc(F)cc3)ncc1CC2. The Morgan fingerprint density at radius 1 is 0.915 bits per heavy atom. The third kappa shape index (κ3) is 6.28. The summed E-state index contributed by atoms with van der Waals surface area (Å²) < 4.78 is 17.1. The maximum absolute atomic E-state index is 13.1. The van der Waals surface area contributed by atoms with Crippen LogP contribution in [0.2, 0.25) is 0 Å². The quantitative estimate of drug-likeness (QED) is 0.243. The molecule has 0 saturated carbocycles. The highest BCUT2D eigenvalue weighted by Crippen LogP contribution is 2.35. The molecule has 1 amide bonds. The molecule has 0 radical (unpaired) electrons. The minimum atomic E-state index is -0.456. The number of nitrogens with two attached hydrogens (primary N) is 2. The molecule has 12 nitrogen and oxygen atoms in total. The number of nitrogens with zero attached hydrogens (tertiary/aromatic N) is 8. The lowest BCUT2D eigenvalue weighted by atomic mass is 9.92. The van der Waals surface area contributed by atoms with Gasteiger partial charge in [0.05, 0.1) is 29.0 Å². The third-order valence-electron chi connectivity index (χ3n) is 9.17. The van der Waals surface area contributed by atoms with E-state index in [9.17, 15) is 9.18 Å². The molecular formula is C34H38FN11O. The molecule has 5 heterocycles. The van der Waals surface area contributed by atoms with E-state index in [4.69, 9.17) is 16.5 Å². The van der Waals surface area contributed by atoms with Crippen molar-refractivity contribution < 1.29 is 9.18 Å². The Morgan fingerprint density at radius 3 is 2.47 bits per heavy atom. The number of aromatic nitrogens is 8. The zero-order chi connectivity index (χ0) is 32.3. The fourth-order valence-corrected chi connectivity index (χ4v) is 6.75. The Balaban J connectivity index is 0.000000150. The smallest absolute Gasteiger partial charge is 0.269 e. The van der Waals surface area contributed by atoms with Crippen molar-refractivity contribution in [2.75, 3.05) is 19.6 Å². The molecule has 1 saturated heterocycles. The largest absolute Gasteiger partial charge is 0.364 e. The molecule has 1 aromatic carbocycles. The van der Waals surface area contributed by atoms with Gasteiger partial charge in [-0.15, -0.1) is 0 Å². The van der Waals surface area contributed by atoms with Gasteiger partial charge in [-0.3, -0.25) is 14.2 Å². The van der Waals surface area contributed by atoms with E-state index in [1.54, 1.807) is 18.5 Å². The van der Waals surface area contributed by atoms with Crippen LogP contribution >= 0.6 is 0 Å². The summed E-state index contributed by atoms with van der Waals surface area (Å²) >= 11 is 0. The van der Waals surface area contributed by atoms with Crippen molar-refractivity contribution in [3.63, 3.8) is 0 Å². The van der Waals surface area contributed by atoms with Crippen molar-refractivity contribution in [1.29, 1.82) is 0 Å². The molecule has 242 valence electrons. The van der Waals surface area contributed by atoms with Crippen LogP contribution in [0, 0.1) is 11.7 Å². The summed E-state index contributed by atoms with van der Waals surface area (Å²) in [5.41, 5.74) is 20.6. The maximum Gasteiger partial charge on any atom is 0.269 e. The van der Waals surface area contributed by atoms with E-state index in [2.05, 4.69) is 30.5 Å². The van der Waals surface area contributed by atoms with E-state index in [0.717, 1.165) is 116 Å². The normalized spacial score (nSPS) is 15.1. The van der Waals surface area contributed by atoms with Gasteiger partial charge in [0.25, 0.3) is 5.91 Å². The van der Waals surface area contributed by atoms with Crippen LogP contribution in [0.5, 0.6) is 0 Å². The van der Waals surface area contributed by atoms with Gasteiger partial charge in [-0.05, 0) is 106 Å². The van der Waals surface area contributed by atoms with Crippen LogP contribution < -0.4 is 16.8 Å². The van der Waals surface area contributed by atoms with Gasteiger partial charge in [0.15, 0.2) is 11.5 Å². The van der Waals surface area contributed by atoms with Gasteiger partial charge in [-0.25, -0.2) is 24.3 Å². The topological polar surface area (TPSA) is 168 Å². The zero-order valence-electron chi connectivity index (χ0n) is 26.2. The van der Waals surface area contributed by atoms with Crippen molar-refractivity contribution >= 4 is 5.91 Å². The van der Waals surface area contributed by atoms with E-state index in [1.165, 1.54) is 17.7 Å². The molecule has 5 N–H and O–H groups in total. The highest BCUT2D eigenvalue weighted by molar-refractivity contribution is 5.94. The molecule has 1 fully saturated rings. The van der Waals surface area contributed by atoms with Crippen LogP contribution in [0.25, 0.3) is 34.2 Å². The van der Waals surface area contributed by atoms with Crippen LogP contribution in [0.1, 0.15) is 52.0 Å². The van der Waals surface area contributed by atoms with Crippen molar-refractivity contribution in [3.05, 3.63) is 82.9 Å². The van der Waals surface area contributed by atoms with Gasteiger partial charge in [-0.2, -0.15) is 10.2 Å². The van der Waals surface area contributed by atoms with Gasteiger partial charge < -0.3 is 16.8 Å². The fraction of sp³-hybridized carbons (Fsp3) is 0.382. The molecule has 47 heavy (non-hydrogen) atoms. The predicted molar refractivity (Wildman–Crippen MR) is 174 cm³/mol. The summed E-state index contributed by atoms with van der Waals surface area (Å²) in [5.74, 6) is 0.447. The van der Waals surface area contributed by atoms with E-state index in [-0.39, 0.29) is 5.82 Å². The van der Waals surface area contributed by atoms with E-state index < -0.39 is 5.91 Å². The second kappa shape index (κ2) is 13.5. The number of carbonyl (C=O) groups excluding carboxylic acids is 1. The van der Waals surface area contributed by atoms with Crippen LogP contribution in [0.4, 0.5) is 4.39 Å². The van der Waals surface area contributed by atoms with Gasteiger partial charge >= 0.3 is 0 Å². The second-order valence-corrected chi connectivity index (χ2v) is 12.3. The number of fused-ring (bicyclic) bond motifs is 6. The van der Waals surface area contributed by atoms with E-state index in [1.807, 2.05) is 28.0 Å². The molecule has 5 aromatic rings. The molecule has 0 spiro atoms. The Labute approximate surface area is 271 Å². The first kappa shape index (κ1) is 30.8. The average Bonchev–Trinajstić information content (AvgIpc) is 3.70. The first-order valence-electron chi connectivity index (χ1n) is 16.3. The molecule has 0 unspecified atom stereocenters. The molecule has 0 bridgehead atoms. The van der Waals surface area contributed by atoms with Gasteiger partial charge in [-0.1, -0.05) is 0 Å². The zero-order valence-corrected chi connectivity index (χ0v) is 26.2. The maximum atomic E-state index is 13.1. The summed E-state index contributed by atoms with van der Waals surface area (Å²) in [7, 11) is 0. The summed E-state index contributed by atoms with van der Waals surface area (Å²) in [5, 5.41) is 12.4.